The van der Waals surface area contributed by atoms with Crippen molar-refractivity contribution >= 4 is 29.2 Å². The van der Waals surface area contributed by atoms with Crippen molar-refractivity contribution < 1.29 is 19.1 Å². The lowest BCUT2D eigenvalue weighted by molar-refractivity contribution is -0.142. The lowest BCUT2D eigenvalue weighted by atomic mass is 9.87. The van der Waals surface area contributed by atoms with Crippen LogP contribution in [-0.4, -0.2) is 76.8 Å². The van der Waals surface area contributed by atoms with Crippen molar-refractivity contribution in [3.05, 3.63) is 83.6 Å². The second kappa shape index (κ2) is 24.6. The molecular formula is C41H69ClN6O4. The highest BCUT2D eigenvalue weighted by atomic mass is 35.5. The summed E-state index contributed by atoms with van der Waals surface area (Å²) in [6.07, 6.45) is 12.1. The van der Waals surface area contributed by atoms with Crippen LogP contribution in [0.3, 0.4) is 0 Å². The highest BCUT2D eigenvalue weighted by Gasteiger charge is 2.36. The maximum absolute atomic E-state index is 13.7. The van der Waals surface area contributed by atoms with Crippen LogP contribution in [-0.2, 0) is 21.3 Å². The standard InChI is InChI=1S/C35H52ClN5O4.C2H5N.2C2H6/c1-10-13-14-29(40-17-19-41(20-18-40)33(43)45-23-34(4,5)6)27-16-15-25(36)21-28(27)26(11-2)31(30-22-37-24-39(30)8)38-32(42)35(7,12-3)44-9;1-2-3;2*1-2/h10-11,13,15-16,21-22,24,29,31H,12,14,17-20,23H2,1-9H3,(H,38,42);2H,1,3H2;2*1-2H3/b13-10-,26-11+;;;/t29-,31-,35?;;;/m1.../s1. The number of nitrogens with one attached hydrogen (secondary N) is 1. The number of rotatable bonds is 12. The normalized spacial score (nSPS) is 15.7. The predicted octanol–water partition coefficient (Wildman–Crippen LogP) is 9.10. The molecule has 0 spiro atoms. The van der Waals surface area contributed by atoms with Gasteiger partial charge in [-0.1, -0.05) is 97.9 Å². The number of carbonyl (C=O) groups is 2. The number of carbonyl (C=O) groups excluding carboxylic acids is 2. The first kappa shape index (κ1) is 48.4. The Hall–Kier alpha value is -3.60. The first-order valence-electron chi connectivity index (χ1n) is 18.6. The number of amides is 2. The SMILES string of the molecule is C/C=C\C[C@H](c1ccc(Cl)cc1/C(=C\C)[C@@H](NC(=O)C(C)(CC)OC)c1cncn1C)N1CCN(C(=O)OCC(C)(C)C)CC1.C=CN.CC.CC. The van der Waals surface area contributed by atoms with E-state index in [0.29, 0.717) is 44.2 Å². The van der Waals surface area contributed by atoms with Crippen LogP contribution >= 0.6 is 11.6 Å². The molecule has 1 fully saturated rings. The minimum Gasteiger partial charge on any atom is -0.449 e. The van der Waals surface area contributed by atoms with Gasteiger partial charge in [0, 0.05) is 51.4 Å². The molecule has 294 valence electrons. The number of imidazole rings is 1. The van der Waals surface area contributed by atoms with E-state index in [2.05, 4.69) is 66.5 Å². The van der Waals surface area contributed by atoms with Crippen LogP contribution in [0.15, 0.2) is 61.7 Å². The number of aromatic nitrogens is 2. The highest BCUT2D eigenvalue weighted by Crippen LogP contribution is 2.39. The van der Waals surface area contributed by atoms with Crippen LogP contribution < -0.4 is 11.1 Å². The Morgan fingerprint density at radius 2 is 1.69 bits per heavy atom. The second-order valence-electron chi connectivity index (χ2n) is 13.3. The number of ether oxygens (including phenoxy) is 2. The van der Waals surface area contributed by atoms with Crippen LogP contribution in [0.5, 0.6) is 0 Å². The summed E-state index contributed by atoms with van der Waals surface area (Å²) in [4.78, 5) is 35.1. The minimum absolute atomic E-state index is 0.0129. The zero-order valence-electron chi connectivity index (χ0n) is 34.4. The van der Waals surface area contributed by atoms with Crippen LogP contribution in [0, 0.1) is 5.41 Å². The summed E-state index contributed by atoms with van der Waals surface area (Å²) in [5, 5.41) is 3.89. The van der Waals surface area contributed by atoms with Crippen molar-refractivity contribution in [3.63, 3.8) is 0 Å². The molecule has 10 nitrogen and oxygen atoms in total. The molecule has 0 saturated carbocycles. The molecule has 11 heteroatoms. The smallest absolute Gasteiger partial charge is 0.409 e. The number of allylic oxidation sites excluding steroid dienone is 2. The third-order valence-electron chi connectivity index (χ3n) is 8.57. The molecule has 2 amide bonds. The number of nitrogens with two attached hydrogens (primary N) is 1. The van der Waals surface area contributed by atoms with Crippen molar-refractivity contribution in [1.29, 1.82) is 0 Å². The van der Waals surface area contributed by atoms with E-state index in [1.54, 1.807) is 31.5 Å². The summed E-state index contributed by atoms with van der Waals surface area (Å²) in [6, 6.07) is 5.50. The fourth-order valence-corrected chi connectivity index (χ4v) is 5.68. The minimum atomic E-state index is -0.991. The van der Waals surface area contributed by atoms with Gasteiger partial charge in [0.15, 0.2) is 0 Å². The molecule has 1 unspecified atom stereocenters. The lowest BCUT2D eigenvalue weighted by Crippen LogP contribution is -2.50. The Kier molecular flexibility index (Phi) is 22.9. The van der Waals surface area contributed by atoms with Gasteiger partial charge in [-0.3, -0.25) is 9.69 Å². The molecule has 1 aliphatic rings. The quantitative estimate of drug-likeness (QED) is 0.208. The summed E-state index contributed by atoms with van der Waals surface area (Å²) in [5.74, 6) is -0.207. The average molecular weight is 745 g/mol. The fraction of sp³-hybridized carbons (Fsp3) is 0.585. The van der Waals surface area contributed by atoms with E-state index in [0.717, 1.165) is 28.8 Å². The molecule has 0 radical (unpaired) electrons. The third-order valence-corrected chi connectivity index (χ3v) is 8.81. The molecule has 1 aromatic heterocycles. The summed E-state index contributed by atoms with van der Waals surface area (Å²) >= 11 is 6.67. The first-order valence-corrected chi connectivity index (χ1v) is 19.0. The van der Waals surface area contributed by atoms with Gasteiger partial charge in [0.05, 0.1) is 30.9 Å². The zero-order valence-corrected chi connectivity index (χ0v) is 35.1. The molecule has 3 N–H and O–H groups in total. The Morgan fingerprint density at radius 1 is 1.10 bits per heavy atom. The molecule has 52 heavy (non-hydrogen) atoms. The van der Waals surface area contributed by atoms with E-state index in [1.807, 2.05) is 78.3 Å². The number of nitrogens with zero attached hydrogens (tertiary/aromatic N) is 4. The summed E-state index contributed by atoms with van der Waals surface area (Å²) in [5.41, 5.74) is 7.33. The third kappa shape index (κ3) is 14.4. The van der Waals surface area contributed by atoms with Gasteiger partial charge in [0.25, 0.3) is 5.91 Å². The fourth-order valence-electron chi connectivity index (χ4n) is 5.51. The van der Waals surface area contributed by atoms with Gasteiger partial charge in [0.2, 0.25) is 0 Å². The van der Waals surface area contributed by atoms with E-state index in [1.165, 1.54) is 6.20 Å². The molecule has 1 saturated heterocycles. The number of aryl methyl sites for hydroxylation is 1. The van der Waals surface area contributed by atoms with Crippen molar-refractivity contribution in [1.82, 2.24) is 24.7 Å². The molecule has 0 bridgehead atoms. The molecule has 2 heterocycles. The van der Waals surface area contributed by atoms with E-state index < -0.39 is 11.6 Å². The molecule has 1 aliphatic heterocycles. The molecular weight excluding hydrogens is 676 g/mol. The van der Waals surface area contributed by atoms with Gasteiger partial charge in [-0.2, -0.15) is 0 Å². The van der Waals surface area contributed by atoms with E-state index >= 15 is 0 Å². The number of hydrogen-bond donors (Lipinski definition) is 2. The highest BCUT2D eigenvalue weighted by molar-refractivity contribution is 6.30. The molecule has 2 aromatic rings. The maximum Gasteiger partial charge on any atom is 0.409 e. The molecule has 3 rings (SSSR count). The van der Waals surface area contributed by atoms with E-state index in [9.17, 15) is 9.59 Å². The van der Waals surface area contributed by atoms with E-state index in [4.69, 9.17) is 21.1 Å². The topological polar surface area (TPSA) is 115 Å². The van der Waals surface area contributed by atoms with E-state index in [-0.39, 0.29) is 23.5 Å². The van der Waals surface area contributed by atoms with Crippen LogP contribution in [0.4, 0.5) is 4.79 Å². The second-order valence-corrected chi connectivity index (χ2v) is 13.7. The lowest BCUT2D eigenvalue weighted by Gasteiger charge is -2.40. The first-order chi connectivity index (χ1) is 24.7. The Bertz CT molecular complexity index is 1400. The van der Waals surface area contributed by atoms with Crippen LogP contribution in [0.2, 0.25) is 5.02 Å². The summed E-state index contributed by atoms with van der Waals surface area (Å²) in [7, 11) is 3.48. The van der Waals surface area contributed by atoms with Crippen molar-refractivity contribution in [2.24, 2.45) is 18.2 Å². The van der Waals surface area contributed by atoms with Crippen LogP contribution in [0.1, 0.15) is 118 Å². The van der Waals surface area contributed by atoms with Gasteiger partial charge in [-0.05, 0) is 74.1 Å². The number of methoxy groups -OCH3 is 1. The van der Waals surface area contributed by atoms with Gasteiger partial charge >= 0.3 is 6.09 Å². The van der Waals surface area contributed by atoms with Gasteiger partial charge < -0.3 is 30.0 Å². The monoisotopic (exact) mass is 745 g/mol. The Labute approximate surface area is 320 Å². The number of piperazine rings is 1. The van der Waals surface area contributed by atoms with Gasteiger partial charge in [-0.15, -0.1) is 0 Å². The van der Waals surface area contributed by atoms with Crippen LogP contribution in [0.25, 0.3) is 5.57 Å². The largest absolute Gasteiger partial charge is 0.449 e. The van der Waals surface area contributed by atoms with Gasteiger partial charge in [-0.25, -0.2) is 9.78 Å². The molecule has 3 atom stereocenters. The maximum atomic E-state index is 13.7. The Balaban J connectivity index is 0.00000347. The predicted molar refractivity (Wildman–Crippen MR) is 218 cm³/mol. The van der Waals surface area contributed by atoms with Gasteiger partial charge in [0.1, 0.15) is 5.60 Å². The number of benzene rings is 1. The summed E-state index contributed by atoms with van der Waals surface area (Å²) in [6.45, 7) is 28.0. The number of halogens is 1. The average Bonchev–Trinajstić information content (AvgIpc) is 3.58. The Morgan fingerprint density at radius 3 is 2.15 bits per heavy atom. The van der Waals surface area contributed by atoms with Crippen molar-refractivity contribution in [2.45, 2.75) is 107 Å². The molecule has 1 aromatic carbocycles. The van der Waals surface area contributed by atoms with Crippen molar-refractivity contribution in [2.75, 3.05) is 39.9 Å². The van der Waals surface area contributed by atoms with Crippen molar-refractivity contribution in [3.8, 4) is 0 Å². The zero-order chi connectivity index (χ0) is 40.1. The molecule has 0 aliphatic carbocycles. The number of hydrogen-bond acceptors (Lipinski definition) is 7. The summed E-state index contributed by atoms with van der Waals surface area (Å²) < 4.78 is 13.2.